The molecular formula is C11H10F4N4. The first kappa shape index (κ1) is 13.5. The van der Waals surface area contributed by atoms with Crippen molar-refractivity contribution in [2.45, 2.75) is 12.2 Å². The molecule has 4 N–H and O–H groups in total. The molecule has 19 heavy (non-hydrogen) atoms. The SMILES string of the molecule is NNC(c1ccc(F)c(C(F)(F)F)c1)c1ncc[nH]1. The number of halogens is 4. The molecule has 0 bridgehead atoms. The number of aromatic amines is 1. The standard InChI is InChI=1S/C11H10F4N4/c12-8-2-1-6(5-7(8)11(13,14)15)9(19-16)10-17-3-4-18-10/h1-5,9,19H,16H2,(H,17,18). The number of benzene rings is 1. The summed E-state index contributed by atoms with van der Waals surface area (Å²) in [5.41, 5.74) is 1.16. The zero-order chi connectivity index (χ0) is 14.0. The fourth-order valence-electron chi connectivity index (χ4n) is 1.71. The zero-order valence-corrected chi connectivity index (χ0v) is 9.50. The smallest absolute Gasteiger partial charge is 0.347 e. The van der Waals surface area contributed by atoms with Gasteiger partial charge in [-0.3, -0.25) is 5.84 Å². The van der Waals surface area contributed by atoms with Crippen molar-refractivity contribution in [3.05, 3.63) is 53.4 Å². The summed E-state index contributed by atoms with van der Waals surface area (Å²) in [5.74, 6) is 4.32. The van der Waals surface area contributed by atoms with Crippen LogP contribution < -0.4 is 11.3 Å². The largest absolute Gasteiger partial charge is 0.419 e. The molecule has 0 saturated heterocycles. The molecular weight excluding hydrogens is 264 g/mol. The number of aromatic nitrogens is 2. The Morgan fingerprint density at radius 1 is 1.32 bits per heavy atom. The van der Waals surface area contributed by atoms with Gasteiger partial charge in [-0.05, 0) is 17.7 Å². The molecule has 2 aromatic rings. The van der Waals surface area contributed by atoms with E-state index in [4.69, 9.17) is 5.84 Å². The van der Waals surface area contributed by atoms with E-state index in [0.717, 1.165) is 6.07 Å². The van der Waals surface area contributed by atoms with Gasteiger partial charge >= 0.3 is 6.18 Å². The third-order valence-corrected chi connectivity index (χ3v) is 2.59. The van der Waals surface area contributed by atoms with Crippen molar-refractivity contribution in [2.24, 2.45) is 5.84 Å². The Kier molecular flexibility index (Phi) is 3.54. The predicted molar refractivity (Wildman–Crippen MR) is 59.2 cm³/mol. The predicted octanol–water partition coefficient (Wildman–Crippen LogP) is 2.12. The van der Waals surface area contributed by atoms with Crippen LogP contribution in [0.2, 0.25) is 0 Å². The van der Waals surface area contributed by atoms with Gasteiger partial charge in [0, 0.05) is 12.4 Å². The maximum absolute atomic E-state index is 13.2. The van der Waals surface area contributed by atoms with Crippen molar-refractivity contribution < 1.29 is 17.6 Å². The summed E-state index contributed by atoms with van der Waals surface area (Å²) in [6, 6.07) is 1.91. The van der Waals surface area contributed by atoms with Crippen molar-refractivity contribution >= 4 is 0 Å². The van der Waals surface area contributed by atoms with Crippen LogP contribution in [-0.2, 0) is 6.18 Å². The van der Waals surface area contributed by atoms with Gasteiger partial charge in [0.2, 0.25) is 0 Å². The monoisotopic (exact) mass is 274 g/mol. The van der Waals surface area contributed by atoms with Gasteiger partial charge in [-0.15, -0.1) is 0 Å². The molecule has 0 spiro atoms. The molecule has 2 rings (SSSR count). The quantitative estimate of drug-likeness (QED) is 0.456. The van der Waals surface area contributed by atoms with E-state index in [9.17, 15) is 17.6 Å². The molecule has 1 aromatic heterocycles. The molecule has 0 aliphatic rings. The van der Waals surface area contributed by atoms with Crippen molar-refractivity contribution in [1.29, 1.82) is 0 Å². The molecule has 0 amide bonds. The molecule has 0 radical (unpaired) electrons. The molecule has 1 unspecified atom stereocenters. The van der Waals surface area contributed by atoms with Gasteiger partial charge < -0.3 is 4.98 Å². The van der Waals surface area contributed by atoms with E-state index in [1.807, 2.05) is 0 Å². The van der Waals surface area contributed by atoms with Crippen molar-refractivity contribution in [2.75, 3.05) is 0 Å². The number of alkyl halides is 3. The normalized spacial score (nSPS) is 13.5. The van der Waals surface area contributed by atoms with Gasteiger partial charge in [0.1, 0.15) is 17.7 Å². The number of nitrogens with zero attached hydrogens (tertiary/aromatic N) is 1. The van der Waals surface area contributed by atoms with E-state index in [-0.39, 0.29) is 5.56 Å². The van der Waals surface area contributed by atoms with Crippen LogP contribution in [0, 0.1) is 5.82 Å². The third kappa shape index (κ3) is 2.74. The highest BCUT2D eigenvalue weighted by Crippen LogP contribution is 2.33. The highest BCUT2D eigenvalue weighted by atomic mass is 19.4. The van der Waals surface area contributed by atoms with Crippen LogP contribution in [0.15, 0.2) is 30.6 Å². The topological polar surface area (TPSA) is 66.7 Å². The second kappa shape index (κ2) is 4.98. The minimum atomic E-state index is -4.76. The first-order chi connectivity index (χ1) is 8.93. The van der Waals surface area contributed by atoms with Gasteiger partial charge in [-0.1, -0.05) is 6.07 Å². The van der Waals surface area contributed by atoms with E-state index in [2.05, 4.69) is 15.4 Å². The van der Waals surface area contributed by atoms with Gasteiger partial charge in [0.15, 0.2) is 0 Å². The lowest BCUT2D eigenvalue weighted by molar-refractivity contribution is -0.140. The number of hydrazine groups is 1. The highest BCUT2D eigenvalue weighted by molar-refractivity contribution is 5.32. The molecule has 1 atom stereocenters. The van der Waals surface area contributed by atoms with Crippen LogP contribution in [0.25, 0.3) is 0 Å². The Hall–Kier alpha value is -1.93. The van der Waals surface area contributed by atoms with Gasteiger partial charge in [-0.2, -0.15) is 13.2 Å². The average molecular weight is 274 g/mol. The lowest BCUT2D eigenvalue weighted by atomic mass is 10.0. The first-order valence-electron chi connectivity index (χ1n) is 5.25. The van der Waals surface area contributed by atoms with Gasteiger partial charge in [-0.25, -0.2) is 14.8 Å². The Morgan fingerprint density at radius 3 is 2.58 bits per heavy atom. The summed E-state index contributed by atoms with van der Waals surface area (Å²) in [6.07, 6.45) is -1.82. The van der Waals surface area contributed by atoms with E-state index in [0.29, 0.717) is 11.9 Å². The molecule has 0 fully saturated rings. The van der Waals surface area contributed by atoms with E-state index in [1.165, 1.54) is 18.5 Å². The average Bonchev–Trinajstić information content (AvgIpc) is 2.84. The lowest BCUT2D eigenvalue weighted by Gasteiger charge is -2.16. The van der Waals surface area contributed by atoms with Crippen molar-refractivity contribution in [3.63, 3.8) is 0 Å². The first-order valence-corrected chi connectivity index (χ1v) is 5.25. The van der Waals surface area contributed by atoms with Crippen LogP contribution in [-0.4, -0.2) is 9.97 Å². The molecule has 8 heteroatoms. The number of hydrogen-bond donors (Lipinski definition) is 3. The summed E-state index contributed by atoms with van der Waals surface area (Å²) in [4.78, 5) is 6.64. The molecule has 1 aromatic carbocycles. The van der Waals surface area contributed by atoms with Gasteiger partial charge in [0.05, 0.1) is 5.56 Å². The molecule has 102 valence electrons. The summed E-state index contributed by atoms with van der Waals surface area (Å²) < 4.78 is 51.1. The summed E-state index contributed by atoms with van der Waals surface area (Å²) in [7, 11) is 0. The van der Waals surface area contributed by atoms with Crippen molar-refractivity contribution in [1.82, 2.24) is 15.4 Å². The number of nitrogens with one attached hydrogen (secondary N) is 2. The second-order valence-corrected chi connectivity index (χ2v) is 3.81. The maximum Gasteiger partial charge on any atom is 0.419 e. The number of nitrogens with two attached hydrogens (primary N) is 1. The zero-order valence-electron chi connectivity index (χ0n) is 9.50. The van der Waals surface area contributed by atoms with Crippen LogP contribution in [0.5, 0.6) is 0 Å². The number of H-pyrrole nitrogens is 1. The Morgan fingerprint density at radius 2 is 2.05 bits per heavy atom. The maximum atomic E-state index is 13.2. The fourth-order valence-corrected chi connectivity index (χ4v) is 1.71. The molecule has 0 aliphatic carbocycles. The van der Waals surface area contributed by atoms with E-state index in [1.54, 1.807) is 0 Å². The Labute approximate surface area is 105 Å². The summed E-state index contributed by atoms with van der Waals surface area (Å²) >= 11 is 0. The minimum absolute atomic E-state index is 0.158. The van der Waals surface area contributed by atoms with E-state index < -0.39 is 23.6 Å². The number of imidazole rings is 1. The summed E-state index contributed by atoms with van der Waals surface area (Å²) in [6.45, 7) is 0. The lowest BCUT2D eigenvalue weighted by Crippen LogP contribution is -2.30. The Balaban J connectivity index is 2.45. The molecule has 1 heterocycles. The molecule has 0 saturated carbocycles. The van der Waals surface area contributed by atoms with Crippen LogP contribution in [0.1, 0.15) is 23.0 Å². The van der Waals surface area contributed by atoms with Crippen LogP contribution >= 0.6 is 0 Å². The fraction of sp³-hybridized carbons (Fsp3) is 0.182. The highest BCUT2D eigenvalue weighted by Gasteiger charge is 2.34. The van der Waals surface area contributed by atoms with Crippen LogP contribution in [0.4, 0.5) is 17.6 Å². The van der Waals surface area contributed by atoms with Crippen molar-refractivity contribution in [3.8, 4) is 0 Å². The molecule has 4 nitrogen and oxygen atoms in total. The van der Waals surface area contributed by atoms with Gasteiger partial charge in [0.25, 0.3) is 0 Å². The minimum Gasteiger partial charge on any atom is -0.347 e. The Bertz CT molecular complexity index is 550. The molecule has 0 aliphatic heterocycles. The number of hydrogen-bond acceptors (Lipinski definition) is 3. The third-order valence-electron chi connectivity index (χ3n) is 2.59. The van der Waals surface area contributed by atoms with Crippen LogP contribution in [0.3, 0.4) is 0 Å². The van der Waals surface area contributed by atoms with E-state index >= 15 is 0 Å². The number of rotatable bonds is 3. The summed E-state index contributed by atoms with van der Waals surface area (Å²) in [5, 5.41) is 0. The second-order valence-electron chi connectivity index (χ2n) is 3.81.